The first-order valence-corrected chi connectivity index (χ1v) is 7.01. The van der Waals surface area contributed by atoms with Crippen molar-refractivity contribution in [3.05, 3.63) is 17.5 Å². The number of aromatic nitrogens is 2. The SMILES string of the molecule is CCc1cc(CC(C)CNC2CC2)n(CC)n1. The highest BCUT2D eigenvalue weighted by atomic mass is 15.3. The smallest absolute Gasteiger partial charge is 0.0624 e. The van der Waals surface area contributed by atoms with Crippen LogP contribution in [0.25, 0.3) is 0 Å². The van der Waals surface area contributed by atoms with Gasteiger partial charge < -0.3 is 5.32 Å². The Kier molecular flexibility index (Phi) is 4.21. The van der Waals surface area contributed by atoms with Crippen LogP contribution in [0.15, 0.2) is 6.07 Å². The maximum atomic E-state index is 4.60. The molecular formula is C14H25N3. The summed E-state index contributed by atoms with van der Waals surface area (Å²) < 4.78 is 2.16. The molecule has 1 unspecified atom stereocenters. The van der Waals surface area contributed by atoms with Crippen molar-refractivity contribution in [1.29, 1.82) is 0 Å². The Morgan fingerprint density at radius 1 is 1.47 bits per heavy atom. The zero-order valence-corrected chi connectivity index (χ0v) is 11.4. The van der Waals surface area contributed by atoms with Crippen LogP contribution in [0.1, 0.15) is 45.0 Å². The lowest BCUT2D eigenvalue weighted by Crippen LogP contribution is -2.24. The van der Waals surface area contributed by atoms with Gasteiger partial charge in [0.15, 0.2) is 0 Å². The van der Waals surface area contributed by atoms with Crippen molar-refractivity contribution in [1.82, 2.24) is 15.1 Å². The number of nitrogens with zero attached hydrogens (tertiary/aromatic N) is 2. The van der Waals surface area contributed by atoms with Gasteiger partial charge in [-0.1, -0.05) is 13.8 Å². The van der Waals surface area contributed by atoms with E-state index in [4.69, 9.17) is 0 Å². The van der Waals surface area contributed by atoms with E-state index in [1.165, 1.54) is 24.2 Å². The summed E-state index contributed by atoms with van der Waals surface area (Å²) in [6, 6.07) is 3.09. The average Bonchev–Trinajstić information content (AvgIpc) is 3.08. The lowest BCUT2D eigenvalue weighted by atomic mass is 10.1. The van der Waals surface area contributed by atoms with Gasteiger partial charge >= 0.3 is 0 Å². The second-order valence-electron chi connectivity index (χ2n) is 5.29. The van der Waals surface area contributed by atoms with Crippen LogP contribution in [-0.2, 0) is 19.4 Å². The molecule has 1 aliphatic carbocycles. The van der Waals surface area contributed by atoms with E-state index in [1.54, 1.807) is 0 Å². The minimum atomic E-state index is 0.697. The van der Waals surface area contributed by atoms with Gasteiger partial charge in [0, 0.05) is 18.3 Å². The maximum Gasteiger partial charge on any atom is 0.0624 e. The van der Waals surface area contributed by atoms with E-state index < -0.39 is 0 Å². The molecule has 3 nitrogen and oxygen atoms in total. The van der Waals surface area contributed by atoms with Crippen molar-refractivity contribution < 1.29 is 0 Å². The van der Waals surface area contributed by atoms with Crippen molar-refractivity contribution in [2.24, 2.45) is 5.92 Å². The standard InChI is InChI=1S/C14H25N3/c1-4-12-9-14(17(5-2)16-12)8-11(3)10-15-13-6-7-13/h9,11,13,15H,4-8,10H2,1-3H3. The number of hydrogen-bond donors (Lipinski definition) is 1. The number of hydrogen-bond acceptors (Lipinski definition) is 2. The van der Waals surface area contributed by atoms with Crippen LogP contribution >= 0.6 is 0 Å². The van der Waals surface area contributed by atoms with E-state index in [9.17, 15) is 0 Å². The minimum absolute atomic E-state index is 0.697. The van der Waals surface area contributed by atoms with Crippen molar-refractivity contribution >= 4 is 0 Å². The normalized spacial score (nSPS) is 17.4. The maximum absolute atomic E-state index is 4.60. The Bertz CT molecular complexity index is 352. The van der Waals surface area contributed by atoms with Crippen molar-refractivity contribution in [2.45, 2.75) is 59.0 Å². The van der Waals surface area contributed by atoms with E-state index in [-0.39, 0.29) is 0 Å². The zero-order valence-electron chi connectivity index (χ0n) is 11.4. The van der Waals surface area contributed by atoms with E-state index in [1.807, 2.05) is 0 Å². The molecule has 0 aliphatic heterocycles. The lowest BCUT2D eigenvalue weighted by molar-refractivity contribution is 0.485. The summed E-state index contributed by atoms with van der Waals surface area (Å²) in [6.07, 6.45) is 4.93. The molecule has 0 aromatic carbocycles. The Labute approximate surface area is 105 Å². The molecule has 3 heteroatoms. The van der Waals surface area contributed by atoms with Crippen LogP contribution in [0.2, 0.25) is 0 Å². The third-order valence-corrected chi connectivity index (χ3v) is 3.47. The molecule has 0 radical (unpaired) electrons. The Morgan fingerprint density at radius 3 is 2.82 bits per heavy atom. The molecule has 0 saturated heterocycles. The van der Waals surface area contributed by atoms with Gasteiger partial charge in [0.25, 0.3) is 0 Å². The third kappa shape index (κ3) is 3.56. The monoisotopic (exact) mass is 235 g/mol. The molecule has 1 aromatic heterocycles. The highest BCUT2D eigenvalue weighted by molar-refractivity contribution is 5.11. The second kappa shape index (κ2) is 5.67. The third-order valence-electron chi connectivity index (χ3n) is 3.47. The summed E-state index contributed by atoms with van der Waals surface area (Å²) >= 11 is 0. The Morgan fingerprint density at radius 2 is 2.24 bits per heavy atom. The van der Waals surface area contributed by atoms with E-state index in [0.29, 0.717) is 5.92 Å². The first kappa shape index (κ1) is 12.6. The molecular weight excluding hydrogens is 210 g/mol. The topological polar surface area (TPSA) is 29.9 Å². The fourth-order valence-electron chi connectivity index (χ4n) is 2.21. The number of rotatable bonds is 7. The predicted molar refractivity (Wildman–Crippen MR) is 71.2 cm³/mol. The number of aryl methyl sites for hydroxylation is 2. The van der Waals surface area contributed by atoms with Crippen molar-refractivity contribution in [3.8, 4) is 0 Å². The van der Waals surface area contributed by atoms with Crippen LogP contribution in [0, 0.1) is 5.92 Å². The van der Waals surface area contributed by atoms with Gasteiger partial charge in [0.2, 0.25) is 0 Å². The van der Waals surface area contributed by atoms with Gasteiger partial charge in [-0.15, -0.1) is 0 Å². The van der Waals surface area contributed by atoms with Crippen molar-refractivity contribution in [2.75, 3.05) is 6.54 Å². The van der Waals surface area contributed by atoms with Gasteiger partial charge in [0.1, 0.15) is 0 Å². The van der Waals surface area contributed by atoms with Gasteiger partial charge in [-0.05, 0) is 51.1 Å². The van der Waals surface area contributed by atoms with E-state index in [2.05, 4.69) is 41.9 Å². The Hall–Kier alpha value is -0.830. The molecule has 1 N–H and O–H groups in total. The van der Waals surface area contributed by atoms with Crippen LogP contribution in [-0.4, -0.2) is 22.4 Å². The molecule has 2 rings (SSSR count). The van der Waals surface area contributed by atoms with Gasteiger partial charge in [-0.25, -0.2) is 0 Å². The van der Waals surface area contributed by atoms with Crippen LogP contribution in [0.4, 0.5) is 0 Å². The molecule has 1 aromatic rings. The van der Waals surface area contributed by atoms with E-state index >= 15 is 0 Å². The minimum Gasteiger partial charge on any atom is -0.314 e. The number of nitrogens with one attached hydrogen (secondary N) is 1. The van der Waals surface area contributed by atoms with Gasteiger partial charge in [0.05, 0.1) is 5.69 Å². The van der Waals surface area contributed by atoms with Gasteiger partial charge in [-0.2, -0.15) is 5.10 Å². The highest BCUT2D eigenvalue weighted by Crippen LogP contribution is 2.19. The molecule has 96 valence electrons. The fourth-order valence-corrected chi connectivity index (χ4v) is 2.21. The largest absolute Gasteiger partial charge is 0.314 e. The highest BCUT2D eigenvalue weighted by Gasteiger charge is 2.21. The molecule has 0 amide bonds. The lowest BCUT2D eigenvalue weighted by Gasteiger charge is -2.12. The molecule has 1 heterocycles. The summed E-state index contributed by atoms with van der Waals surface area (Å²) in [4.78, 5) is 0. The fraction of sp³-hybridized carbons (Fsp3) is 0.786. The molecule has 0 bridgehead atoms. The molecule has 17 heavy (non-hydrogen) atoms. The molecule has 1 fully saturated rings. The summed E-state index contributed by atoms with van der Waals surface area (Å²) in [6.45, 7) is 8.79. The predicted octanol–water partition coefficient (Wildman–Crippen LogP) is 2.40. The van der Waals surface area contributed by atoms with Gasteiger partial charge in [-0.3, -0.25) is 4.68 Å². The summed E-state index contributed by atoms with van der Waals surface area (Å²) in [5.41, 5.74) is 2.62. The molecule has 0 spiro atoms. The first-order chi connectivity index (χ1) is 8.22. The summed E-state index contributed by atoms with van der Waals surface area (Å²) in [7, 11) is 0. The van der Waals surface area contributed by atoms with Crippen LogP contribution in [0.3, 0.4) is 0 Å². The van der Waals surface area contributed by atoms with Crippen LogP contribution in [0.5, 0.6) is 0 Å². The summed E-state index contributed by atoms with van der Waals surface area (Å²) in [5.74, 6) is 0.697. The quantitative estimate of drug-likeness (QED) is 0.786. The zero-order chi connectivity index (χ0) is 12.3. The molecule has 1 atom stereocenters. The van der Waals surface area contributed by atoms with Crippen LogP contribution < -0.4 is 5.32 Å². The Balaban J connectivity index is 1.88. The first-order valence-electron chi connectivity index (χ1n) is 7.01. The molecule has 1 saturated carbocycles. The van der Waals surface area contributed by atoms with E-state index in [0.717, 1.165) is 32.0 Å². The van der Waals surface area contributed by atoms with Crippen molar-refractivity contribution in [3.63, 3.8) is 0 Å². The summed E-state index contributed by atoms with van der Waals surface area (Å²) in [5, 5.41) is 8.21. The average molecular weight is 235 g/mol. The second-order valence-corrected chi connectivity index (χ2v) is 5.29. The molecule has 1 aliphatic rings.